The van der Waals surface area contributed by atoms with Crippen LogP contribution < -0.4 is 16.7 Å². The number of rotatable bonds is 2. The second kappa shape index (κ2) is 5.76. The highest BCUT2D eigenvalue weighted by molar-refractivity contribution is 5.97. The summed E-state index contributed by atoms with van der Waals surface area (Å²) in [6.07, 6.45) is 1.84. The van der Waals surface area contributed by atoms with Gasteiger partial charge < -0.3 is 20.8 Å². The highest BCUT2D eigenvalue weighted by Gasteiger charge is 2.37. The summed E-state index contributed by atoms with van der Waals surface area (Å²) in [7, 11) is 1.33. The SMILES string of the molecule is COC(=O)C1=C(C)Nc2nc(=O)[nH]c(N)c2C1c1c[nH]c2ccccc12. The van der Waals surface area contributed by atoms with E-state index >= 15 is 0 Å². The molecule has 1 unspecified atom stereocenters. The molecule has 1 aliphatic rings. The van der Waals surface area contributed by atoms with Gasteiger partial charge in [-0.1, -0.05) is 18.2 Å². The number of carbonyl (C=O) groups is 1. The van der Waals surface area contributed by atoms with Gasteiger partial charge in [0, 0.05) is 28.4 Å². The lowest BCUT2D eigenvalue weighted by atomic mass is 9.82. The monoisotopic (exact) mass is 351 g/mol. The van der Waals surface area contributed by atoms with Gasteiger partial charge in [-0.2, -0.15) is 4.98 Å². The van der Waals surface area contributed by atoms with Crippen molar-refractivity contribution in [2.24, 2.45) is 0 Å². The van der Waals surface area contributed by atoms with Crippen molar-refractivity contribution in [3.05, 3.63) is 63.3 Å². The molecule has 1 aliphatic heterocycles. The maximum atomic E-state index is 12.5. The van der Waals surface area contributed by atoms with Crippen LogP contribution in [0, 0.1) is 0 Å². The average molecular weight is 351 g/mol. The molecule has 0 saturated carbocycles. The summed E-state index contributed by atoms with van der Waals surface area (Å²) < 4.78 is 5.00. The number of nitrogens with zero attached hydrogens (tertiary/aromatic N) is 1. The molecular formula is C18H17N5O3. The van der Waals surface area contributed by atoms with Gasteiger partial charge in [0.1, 0.15) is 11.6 Å². The van der Waals surface area contributed by atoms with Crippen molar-refractivity contribution < 1.29 is 9.53 Å². The number of hydrogen-bond acceptors (Lipinski definition) is 6. The minimum atomic E-state index is -0.555. The number of nitrogens with two attached hydrogens (primary N) is 1. The second-order valence-corrected chi connectivity index (χ2v) is 6.10. The zero-order valence-corrected chi connectivity index (χ0v) is 14.2. The summed E-state index contributed by atoms with van der Waals surface area (Å²) in [6, 6.07) is 7.76. The van der Waals surface area contributed by atoms with Gasteiger partial charge in [-0.3, -0.25) is 4.98 Å². The zero-order valence-electron chi connectivity index (χ0n) is 14.2. The highest BCUT2D eigenvalue weighted by Crippen LogP contribution is 2.44. The third kappa shape index (κ3) is 2.26. The van der Waals surface area contributed by atoms with Crippen LogP contribution in [-0.2, 0) is 9.53 Å². The molecule has 4 rings (SSSR count). The lowest BCUT2D eigenvalue weighted by Gasteiger charge is -2.29. The lowest BCUT2D eigenvalue weighted by molar-refractivity contribution is -0.136. The molecule has 5 N–H and O–H groups in total. The van der Waals surface area contributed by atoms with E-state index in [1.54, 1.807) is 6.92 Å². The van der Waals surface area contributed by atoms with Crippen molar-refractivity contribution in [1.29, 1.82) is 0 Å². The average Bonchev–Trinajstić information content (AvgIpc) is 3.03. The number of ether oxygens (including phenoxy) is 1. The fraction of sp³-hybridized carbons (Fsp3) is 0.167. The summed E-state index contributed by atoms with van der Waals surface area (Å²) >= 11 is 0. The van der Waals surface area contributed by atoms with Gasteiger partial charge in [-0.05, 0) is 18.6 Å². The molecule has 0 radical (unpaired) electrons. The predicted octanol–water partition coefficient (Wildman–Crippen LogP) is 1.84. The molecule has 8 heteroatoms. The van der Waals surface area contributed by atoms with Gasteiger partial charge >= 0.3 is 11.7 Å². The number of anilines is 2. The fourth-order valence-electron chi connectivity index (χ4n) is 3.52. The first-order valence-electron chi connectivity index (χ1n) is 8.03. The Morgan fingerprint density at radius 1 is 1.31 bits per heavy atom. The van der Waals surface area contributed by atoms with E-state index in [1.165, 1.54) is 7.11 Å². The van der Waals surface area contributed by atoms with Gasteiger partial charge in [0.25, 0.3) is 0 Å². The van der Waals surface area contributed by atoms with Crippen LogP contribution in [0.25, 0.3) is 10.9 Å². The van der Waals surface area contributed by atoms with Crippen LogP contribution in [0.5, 0.6) is 0 Å². The Kier molecular flexibility index (Phi) is 3.54. The van der Waals surface area contributed by atoms with E-state index in [-0.39, 0.29) is 5.82 Å². The summed E-state index contributed by atoms with van der Waals surface area (Å²) in [5.41, 5.74) is 8.87. The van der Waals surface area contributed by atoms with Crippen molar-refractivity contribution in [3.8, 4) is 0 Å². The number of nitrogens with one attached hydrogen (secondary N) is 3. The number of H-pyrrole nitrogens is 2. The third-order valence-corrected chi connectivity index (χ3v) is 4.63. The number of carbonyl (C=O) groups excluding carboxylic acids is 1. The minimum Gasteiger partial charge on any atom is -0.466 e. The Labute approximate surface area is 148 Å². The molecule has 0 aliphatic carbocycles. The third-order valence-electron chi connectivity index (χ3n) is 4.63. The molecule has 1 atom stereocenters. The number of methoxy groups -OCH3 is 1. The maximum absolute atomic E-state index is 12.5. The lowest BCUT2D eigenvalue weighted by Crippen LogP contribution is -2.28. The Hall–Kier alpha value is -3.55. The van der Waals surface area contributed by atoms with Crippen molar-refractivity contribution in [1.82, 2.24) is 15.0 Å². The van der Waals surface area contributed by atoms with Crippen molar-refractivity contribution >= 4 is 28.5 Å². The topological polar surface area (TPSA) is 126 Å². The molecule has 0 spiro atoms. The van der Waals surface area contributed by atoms with Crippen LogP contribution >= 0.6 is 0 Å². The van der Waals surface area contributed by atoms with Crippen molar-refractivity contribution in [2.75, 3.05) is 18.2 Å². The standard InChI is InChI=1S/C18H17N5O3/c1-8-12(17(24)26-2)13(10-7-20-11-6-4-3-5-9(10)11)14-15(19)22-18(25)23-16(14)21-8/h3-7,13,20H,1-2H3,(H4,19,21,22,23,25). The first-order chi connectivity index (χ1) is 12.5. The number of esters is 1. The number of para-hydroxylation sites is 1. The minimum absolute atomic E-state index is 0.164. The quantitative estimate of drug-likeness (QED) is 0.522. The summed E-state index contributed by atoms with van der Waals surface area (Å²) in [6.45, 7) is 1.75. The fourth-order valence-corrected chi connectivity index (χ4v) is 3.52. The second-order valence-electron chi connectivity index (χ2n) is 6.10. The Bertz CT molecular complexity index is 1130. The number of nitrogen functional groups attached to an aromatic ring is 1. The number of hydrogen-bond donors (Lipinski definition) is 4. The van der Waals surface area contributed by atoms with Gasteiger partial charge in [-0.25, -0.2) is 9.59 Å². The molecule has 3 heterocycles. The Morgan fingerprint density at radius 2 is 2.08 bits per heavy atom. The number of aromatic amines is 2. The Balaban J connectivity index is 2.06. The smallest absolute Gasteiger partial charge is 0.348 e. The van der Waals surface area contributed by atoms with Gasteiger partial charge in [0.15, 0.2) is 0 Å². The first-order valence-corrected chi connectivity index (χ1v) is 8.03. The normalized spacial score (nSPS) is 16.3. The van der Waals surface area contributed by atoms with E-state index < -0.39 is 17.6 Å². The largest absolute Gasteiger partial charge is 0.466 e. The van der Waals surface area contributed by atoms with Crippen LogP contribution in [0.4, 0.5) is 11.6 Å². The first kappa shape index (κ1) is 15.9. The molecule has 8 nitrogen and oxygen atoms in total. The van der Waals surface area contributed by atoms with E-state index in [0.717, 1.165) is 16.5 Å². The molecule has 3 aromatic rings. The van der Waals surface area contributed by atoms with E-state index in [2.05, 4.69) is 20.3 Å². The molecule has 0 saturated heterocycles. The van der Waals surface area contributed by atoms with Gasteiger partial charge in [0.2, 0.25) is 0 Å². The molecule has 26 heavy (non-hydrogen) atoms. The van der Waals surface area contributed by atoms with Gasteiger partial charge in [0.05, 0.1) is 18.6 Å². The molecule has 2 aromatic heterocycles. The van der Waals surface area contributed by atoms with E-state index in [9.17, 15) is 9.59 Å². The van der Waals surface area contributed by atoms with E-state index in [1.807, 2.05) is 30.5 Å². The summed E-state index contributed by atoms with van der Waals surface area (Å²) in [4.78, 5) is 34.0. The number of allylic oxidation sites excluding steroid dienone is 1. The number of benzene rings is 1. The molecule has 1 aromatic carbocycles. The van der Waals surface area contributed by atoms with E-state index in [4.69, 9.17) is 10.5 Å². The van der Waals surface area contributed by atoms with Crippen LogP contribution in [0.3, 0.4) is 0 Å². The van der Waals surface area contributed by atoms with Crippen LogP contribution in [0.15, 0.2) is 46.5 Å². The zero-order chi connectivity index (χ0) is 18.4. The summed E-state index contributed by atoms with van der Waals surface area (Å²) in [5, 5.41) is 3.95. The van der Waals surface area contributed by atoms with Crippen LogP contribution in [-0.4, -0.2) is 28.0 Å². The molecule has 0 amide bonds. The number of fused-ring (bicyclic) bond motifs is 2. The number of aromatic nitrogens is 3. The summed E-state index contributed by atoms with van der Waals surface area (Å²) in [5.74, 6) is -0.496. The van der Waals surface area contributed by atoms with Crippen LogP contribution in [0.2, 0.25) is 0 Å². The predicted molar refractivity (Wildman–Crippen MR) is 97.8 cm³/mol. The van der Waals surface area contributed by atoms with E-state index in [0.29, 0.717) is 22.7 Å². The molecular weight excluding hydrogens is 334 g/mol. The molecule has 132 valence electrons. The van der Waals surface area contributed by atoms with Crippen LogP contribution in [0.1, 0.15) is 24.0 Å². The van der Waals surface area contributed by atoms with Gasteiger partial charge in [-0.15, -0.1) is 0 Å². The Morgan fingerprint density at radius 3 is 2.85 bits per heavy atom. The van der Waals surface area contributed by atoms with Crippen molar-refractivity contribution in [2.45, 2.75) is 12.8 Å². The maximum Gasteiger partial charge on any atom is 0.348 e. The van der Waals surface area contributed by atoms with Crippen molar-refractivity contribution in [3.63, 3.8) is 0 Å². The highest BCUT2D eigenvalue weighted by atomic mass is 16.5. The molecule has 0 fully saturated rings. The molecule has 0 bridgehead atoms.